The third kappa shape index (κ3) is 4.00. The van der Waals surface area contributed by atoms with Gasteiger partial charge in [0.2, 0.25) is 0 Å². The molecule has 1 aromatic rings. The van der Waals surface area contributed by atoms with Crippen molar-refractivity contribution in [3.05, 3.63) is 4.88 Å². The number of thiazole rings is 1. The lowest BCUT2D eigenvalue weighted by atomic mass is 10.2. The molecule has 0 saturated heterocycles. The third-order valence-corrected chi connectivity index (χ3v) is 5.40. The van der Waals surface area contributed by atoms with Crippen molar-refractivity contribution in [1.82, 2.24) is 10.3 Å². The van der Waals surface area contributed by atoms with Crippen LogP contribution in [0, 0.1) is 0 Å². The first kappa shape index (κ1) is 17.1. The number of nitrogens with two attached hydrogens (primary N) is 1. The summed E-state index contributed by atoms with van der Waals surface area (Å²) in [5.41, 5.74) is 5.81. The number of hydrogen-bond donors (Lipinski definition) is 3. The van der Waals surface area contributed by atoms with E-state index in [0.717, 1.165) is 11.7 Å². The second-order valence-corrected chi connectivity index (χ2v) is 6.50. The van der Waals surface area contributed by atoms with Crippen molar-refractivity contribution in [2.75, 3.05) is 37.1 Å². The van der Waals surface area contributed by atoms with E-state index in [1.807, 2.05) is 32.1 Å². The molecule has 0 fully saturated rings. The molecule has 0 spiro atoms. The molecule has 4 N–H and O–H groups in total. The van der Waals surface area contributed by atoms with E-state index in [1.54, 1.807) is 0 Å². The number of nitrogens with one attached hydrogen (secondary N) is 1. The van der Waals surface area contributed by atoms with Gasteiger partial charge in [0, 0.05) is 24.9 Å². The van der Waals surface area contributed by atoms with Gasteiger partial charge in [0.25, 0.3) is 5.91 Å². The van der Waals surface area contributed by atoms with Crippen LogP contribution in [0.2, 0.25) is 0 Å². The van der Waals surface area contributed by atoms with E-state index in [1.165, 1.54) is 23.1 Å². The second-order valence-electron chi connectivity index (χ2n) is 4.44. The fourth-order valence-corrected chi connectivity index (χ4v) is 3.12. The lowest BCUT2D eigenvalue weighted by Crippen LogP contribution is -2.41. The Labute approximate surface area is 127 Å². The molecule has 114 valence electrons. The summed E-state index contributed by atoms with van der Waals surface area (Å²) < 4.78 is 0. The molecule has 0 aliphatic heterocycles. The van der Waals surface area contributed by atoms with E-state index in [4.69, 9.17) is 5.73 Å². The number of nitrogens with zero attached hydrogens (tertiary/aromatic N) is 2. The molecule has 2 unspecified atom stereocenters. The number of aliphatic hydroxyl groups is 1. The SMILES string of the molecule is CCN(C)c1nc(N)c(C(=O)NC(C)C(CO)SC)s1. The molecule has 0 saturated carbocycles. The highest BCUT2D eigenvalue weighted by atomic mass is 32.2. The van der Waals surface area contributed by atoms with Crippen molar-refractivity contribution in [1.29, 1.82) is 0 Å². The largest absolute Gasteiger partial charge is 0.395 e. The summed E-state index contributed by atoms with van der Waals surface area (Å²) in [6, 6.07) is -0.142. The predicted octanol–water partition coefficient (Wildman–Crippen LogP) is 1.02. The number of aliphatic hydroxyl groups excluding tert-OH is 1. The van der Waals surface area contributed by atoms with Gasteiger partial charge >= 0.3 is 0 Å². The van der Waals surface area contributed by atoms with Crippen LogP contribution in [0.3, 0.4) is 0 Å². The number of rotatable bonds is 7. The number of amides is 1. The quantitative estimate of drug-likeness (QED) is 0.695. The number of carbonyl (C=O) groups excluding carboxylic acids is 1. The zero-order valence-electron chi connectivity index (χ0n) is 12.2. The Morgan fingerprint density at radius 1 is 1.65 bits per heavy atom. The summed E-state index contributed by atoms with van der Waals surface area (Å²) in [4.78, 5) is 18.8. The highest BCUT2D eigenvalue weighted by molar-refractivity contribution is 7.99. The molecule has 6 nitrogen and oxygen atoms in total. The Balaban J connectivity index is 2.80. The van der Waals surface area contributed by atoms with E-state index < -0.39 is 0 Å². The van der Waals surface area contributed by atoms with Gasteiger partial charge in [-0.15, -0.1) is 0 Å². The van der Waals surface area contributed by atoms with Gasteiger partial charge in [-0.25, -0.2) is 4.98 Å². The van der Waals surface area contributed by atoms with Crippen LogP contribution in [0.5, 0.6) is 0 Å². The van der Waals surface area contributed by atoms with Crippen LogP contribution < -0.4 is 16.0 Å². The zero-order chi connectivity index (χ0) is 15.3. The molecular weight excluding hydrogens is 296 g/mol. The smallest absolute Gasteiger partial charge is 0.265 e. The van der Waals surface area contributed by atoms with Gasteiger partial charge in [0.15, 0.2) is 5.13 Å². The Morgan fingerprint density at radius 2 is 2.30 bits per heavy atom. The summed E-state index contributed by atoms with van der Waals surface area (Å²) in [7, 11) is 1.90. The first-order valence-corrected chi connectivity index (χ1v) is 8.46. The third-order valence-electron chi connectivity index (χ3n) is 3.05. The molecule has 0 bridgehead atoms. The molecule has 2 atom stereocenters. The van der Waals surface area contributed by atoms with E-state index >= 15 is 0 Å². The van der Waals surface area contributed by atoms with E-state index in [9.17, 15) is 9.90 Å². The monoisotopic (exact) mass is 318 g/mol. The molecule has 1 rings (SSSR count). The predicted molar refractivity (Wildman–Crippen MR) is 86.8 cm³/mol. The highest BCUT2D eigenvalue weighted by Gasteiger charge is 2.22. The van der Waals surface area contributed by atoms with Crippen LogP contribution in [-0.2, 0) is 0 Å². The summed E-state index contributed by atoms with van der Waals surface area (Å²) in [6.45, 7) is 4.68. The highest BCUT2D eigenvalue weighted by Crippen LogP contribution is 2.27. The number of hydrogen-bond acceptors (Lipinski definition) is 7. The van der Waals surface area contributed by atoms with Gasteiger partial charge < -0.3 is 21.1 Å². The van der Waals surface area contributed by atoms with Crippen LogP contribution in [0.25, 0.3) is 0 Å². The van der Waals surface area contributed by atoms with Gasteiger partial charge in [-0.2, -0.15) is 11.8 Å². The zero-order valence-corrected chi connectivity index (χ0v) is 13.8. The number of aromatic nitrogens is 1. The minimum atomic E-state index is -0.240. The van der Waals surface area contributed by atoms with E-state index in [0.29, 0.717) is 4.88 Å². The molecule has 0 aliphatic rings. The maximum absolute atomic E-state index is 12.2. The van der Waals surface area contributed by atoms with Gasteiger partial charge in [-0.1, -0.05) is 11.3 Å². The van der Waals surface area contributed by atoms with Gasteiger partial charge in [0.05, 0.1) is 6.61 Å². The summed E-state index contributed by atoms with van der Waals surface area (Å²) in [6.07, 6.45) is 1.90. The number of carbonyl (C=O) groups is 1. The molecule has 0 radical (unpaired) electrons. The van der Waals surface area contributed by atoms with Crippen LogP contribution in [0.4, 0.5) is 10.9 Å². The van der Waals surface area contributed by atoms with Gasteiger partial charge in [-0.05, 0) is 20.1 Å². The summed E-state index contributed by atoms with van der Waals surface area (Å²) in [5, 5.41) is 12.8. The molecular formula is C12H22N4O2S2. The van der Waals surface area contributed by atoms with E-state index in [-0.39, 0.29) is 29.6 Å². The first-order chi connectivity index (χ1) is 9.44. The molecule has 0 aromatic carbocycles. The Morgan fingerprint density at radius 3 is 2.80 bits per heavy atom. The average molecular weight is 318 g/mol. The second kappa shape index (κ2) is 7.70. The normalized spacial score (nSPS) is 13.8. The standard InChI is InChI=1S/C12H22N4O2S2/c1-5-16(3)12-15-10(13)9(20-12)11(18)14-7(2)8(6-17)19-4/h7-8,17H,5-6,13H2,1-4H3,(H,14,18). The Hall–Kier alpha value is -0.990. The van der Waals surface area contributed by atoms with Crippen LogP contribution in [-0.4, -0.2) is 53.7 Å². The van der Waals surface area contributed by atoms with E-state index in [2.05, 4.69) is 10.3 Å². The van der Waals surface area contributed by atoms with Crippen molar-refractivity contribution < 1.29 is 9.90 Å². The maximum Gasteiger partial charge on any atom is 0.265 e. The summed E-state index contributed by atoms with van der Waals surface area (Å²) in [5.74, 6) is 0.00968. The van der Waals surface area contributed by atoms with Crippen molar-refractivity contribution in [3.63, 3.8) is 0 Å². The molecule has 0 aliphatic carbocycles. The maximum atomic E-state index is 12.2. The lowest BCUT2D eigenvalue weighted by molar-refractivity contribution is 0.0940. The minimum absolute atomic E-state index is 0.0185. The van der Waals surface area contributed by atoms with Crippen molar-refractivity contribution in [2.45, 2.75) is 25.1 Å². The Kier molecular flexibility index (Phi) is 6.57. The number of thioether (sulfide) groups is 1. The fraction of sp³-hybridized carbons (Fsp3) is 0.667. The van der Waals surface area contributed by atoms with Crippen LogP contribution in [0.1, 0.15) is 23.5 Å². The van der Waals surface area contributed by atoms with Gasteiger partial charge in [0.1, 0.15) is 10.7 Å². The number of nitrogen functional groups attached to an aromatic ring is 1. The van der Waals surface area contributed by atoms with Crippen LogP contribution >= 0.6 is 23.1 Å². The molecule has 8 heteroatoms. The topological polar surface area (TPSA) is 91.5 Å². The fourth-order valence-electron chi connectivity index (χ4n) is 1.58. The Bertz CT molecular complexity index is 449. The molecule has 1 heterocycles. The van der Waals surface area contributed by atoms with Crippen molar-refractivity contribution in [3.8, 4) is 0 Å². The van der Waals surface area contributed by atoms with Crippen LogP contribution in [0.15, 0.2) is 0 Å². The molecule has 1 amide bonds. The van der Waals surface area contributed by atoms with Gasteiger partial charge in [-0.3, -0.25) is 4.79 Å². The first-order valence-electron chi connectivity index (χ1n) is 6.36. The van der Waals surface area contributed by atoms with Crippen molar-refractivity contribution >= 4 is 40.0 Å². The molecule has 1 aromatic heterocycles. The summed E-state index contributed by atoms with van der Waals surface area (Å²) >= 11 is 2.79. The molecule has 20 heavy (non-hydrogen) atoms. The van der Waals surface area contributed by atoms with Crippen molar-refractivity contribution in [2.24, 2.45) is 0 Å². The lowest BCUT2D eigenvalue weighted by Gasteiger charge is -2.20. The average Bonchev–Trinajstić information content (AvgIpc) is 2.81. The minimum Gasteiger partial charge on any atom is -0.395 e. The number of anilines is 2.